The Morgan fingerprint density at radius 3 is 2.85 bits per heavy atom. The summed E-state index contributed by atoms with van der Waals surface area (Å²) in [4.78, 5) is 6.32. The molecule has 2 rings (SSSR count). The molecule has 0 aliphatic carbocycles. The van der Waals surface area contributed by atoms with Gasteiger partial charge in [0.2, 0.25) is 0 Å². The van der Waals surface area contributed by atoms with Crippen molar-refractivity contribution in [1.82, 2.24) is 0 Å². The molecule has 1 aromatic carbocycles. The van der Waals surface area contributed by atoms with Gasteiger partial charge in [-0.05, 0) is 24.6 Å². The molecule has 2 nitrogen and oxygen atoms in total. The van der Waals surface area contributed by atoms with Gasteiger partial charge in [-0.2, -0.15) is 0 Å². The zero-order valence-electron chi connectivity index (χ0n) is 7.64. The molecule has 0 amide bonds. The number of rotatable bonds is 1. The highest BCUT2D eigenvalue weighted by molar-refractivity contribution is 5.74. The van der Waals surface area contributed by atoms with Crippen LogP contribution in [0.2, 0.25) is 0 Å². The van der Waals surface area contributed by atoms with E-state index in [-0.39, 0.29) is 0 Å². The van der Waals surface area contributed by atoms with Crippen molar-refractivity contribution in [2.45, 2.75) is 6.92 Å². The van der Waals surface area contributed by atoms with Crippen LogP contribution in [-0.2, 0) is 0 Å². The summed E-state index contributed by atoms with van der Waals surface area (Å²) in [5.41, 5.74) is 2.51. The molecule has 13 heavy (non-hydrogen) atoms. The van der Waals surface area contributed by atoms with Gasteiger partial charge in [0.1, 0.15) is 6.67 Å². The van der Waals surface area contributed by atoms with Crippen LogP contribution in [0.3, 0.4) is 0 Å². The molecule has 1 aliphatic heterocycles. The van der Waals surface area contributed by atoms with Crippen molar-refractivity contribution in [2.75, 3.05) is 11.6 Å². The number of anilines is 1. The number of nitrogens with zero attached hydrogens (tertiary/aromatic N) is 2. The van der Waals surface area contributed by atoms with E-state index in [0.717, 1.165) is 6.67 Å². The largest absolute Gasteiger partial charge is 0.328 e. The Bertz CT molecular complexity index is 353. The third-order valence-corrected chi connectivity index (χ3v) is 2.12. The predicted molar refractivity (Wildman–Crippen MR) is 56.2 cm³/mol. The molecule has 66 valence electrons. The molecule has 0 aromatic heterocycles. The normalized spacial score (nSPS) is 15.0. The molecule has 0 N–H and O–H groups in total. The first-order valence-electron chi connectivity index (χ1n) is 4.37. The van der Waals surface area contributed by atoms with Crippen molar-refractivity contribution in [3.63, 3.8) is 0 Å². The van der Waals surface area contributed by atoms with Crippen LogP contribution in [0.1, 0.15) is 5.56 Å². The number of benzene rings is 1. The highest BCUT2D eigenvalue weighted by atomic mass is 15.2. The number of hydrogen-bond donors (Lipinski definition) is 0. The van der Waals surface area contributed by atoms with Crippen LogP contribution in [0.4, 0.5) is 5.69 Å². The van der Waals surface area contributed by atoms with Crippen molar-refractivity contribution in [1.29, 1.82) is 0 Å². The summed E-state index contributed by atoms with van der Waals surface area (Å²) in [6.45, 7) is 2.84. The number of aliphatic imine (C=N–C) groups is 1. The Hall–Kier alpha value is -1.57. The van der Waals surface area contributed by atoms with Crippen LogP contribution in [0, 0.1) is 6.92 Å². The molecule has 1 aromatic rings. The molecule has 0 saturated heterocycles. The van der Waals surface area contributed by atoms with Crippen molar-refractivity contribution < 1.29 is 0 Å². The molecule has 0 unspecified atom stereocenters. The van der Waals surface area contributed by atoms with E-state index < -0.39 is 0 Å². The summed E-state index contributed by atoms with van der Waals surface area (Å²) in [6.07, 6.45) is 5.83. The van der Waals surface area contributed by atoms with E-state index in [0.29, 0.717) is 0 Å². The van der Waals surface area contributed by atoms with Gasteiger partial charge in [-0.3, -0.25) is 4.99 Å². The molecular weight excluding hydrogens is 160 g/mol. The first kappa shape index (κ1) is 8.05. The summed E-state index contributed by atoms with van der Waals surface area (Å²) in [6, 6.07) is 8.33. The second kappa shape index (κ2) is 3.44. The van der Waals surface area contributed by atoms with Gasteiger partial charge in [0.05, 0.1) is 0 Å². The van der Waals surface area contributed by atoms with E-state index >= 15 is 0 Å². The highest BCUT2D eigenvalue weighted by Crippen LogP contribution is 2.20. The van der Waals surface area contributed by atoms with Gasteiger partial charge in [-0.25, -0.2) is 0 Å². The average Bonchev–Trinajstić information content (AvgIpc) is 2.20. The first-order valence-corrected chi connectivity index (χ1v) is 4.37. The van der Waals surface area contributed by atoms with Crippen molar-refractivity contribution in [3.8, 4) is 0 Å². The number of aryl methyl sites for hydroxylation is 1. The van der Waals surface area contributed by atoms with E-state index in [1.165, 1.54) is 11.3 Å². The van der Waals surface area contributed by atoms with Crippen LogP contribution in [-0.4, -0.2) is 12.9 Å². The van der Waals surface area contributed by atoms with Gasteiger partial charge < -0.3 is 4.90 Å². The zero-order chi connectivity index (χ0) is 9.10. The smallest absolute Gasteiger partial charge is 0.114 e. The fraction of sp³-hybridized carbons (Fsp3) is 0.182. The standard InChI is InChI=1S/C11H12N2/c1-10-5-2-3-6-11(10)13-8-4-7-12-9-13/h2-8H,9H2,1H3. The zero-order valence-corrected chi connectivity index (χ0v) is 7.64. The quantitative estimate of drug-likeness (QED) is 0.635. The highest BCUT2D eigenvalue weighted by Gasteiger charge is 2.05. The monoisotopic (exact) mass is 172 g/mol. The van der Waals surface area contributed by atoms with Crippen molar-refractivity contribution in [2.24, 2.45) is 4.99 Å². The molecule has 2 heteroatoms. The summed E-state index contributed by atoms with van der Waals surface area (Å²) in [5.74, 6) is 0. The topological polar surface area (TPSA) is 15.6 Å². The number of para-hydroxylation sites is 1. The molecule has 0 bridgehead atoms. The molecule has 0 saturated carbocycles. The van der Waals surface area contributed by atoms with Gasteiger partial charge in [-0.15, -0.1) is 0 Å². The maximum absolute atomic E-state index is 4.19. The summed E-state index contributed by atoms with van der Waals surface area (Å²) < 4.78 is 0. The second-order valence-corrected chi connectivity index (χ2v) is 3.07. The van der Waals surface area contributed by atoms with E-state index in [9.17, 15) is 0 Å². The van der Waals surface area contributed by atoms with E-state index in [1.54, 1.807) is 0 Å². The minimum Gasteiger partial charge on any atom is -0.328 e. The molecule has 1 aliphatic rings. The van der Waals surface area contributed by atoms with Crippen LogP contribution in [0.25, 0.3) is 0 Å². The second-order valence-electron chi connectivity index (χ2n) is 3.07. The minimum atomic E-state index is 0.724. The number of hydrogen-bond acceptors (Lipinski definition) is 2. The predicted octanol–water partition coefficient (Wildman–Crippen LogP) is 2.36. The Morgan fingerprint density at radius 1 is 1.31 bits per heavy atom. The van der Waals surface area contributed by atoms with Gasteiger partial charge in [-0.1, -0.05) is 18.2 Å². The van der Waals surface area contributed by atoms with Crippen LogP contribution in [0.15, 0.2) is 41.5 Å². The maximum atomic E-state index is 4.19. The van der Waals surface area contributed by atoms with Crippen LogP contribution >= 0.6 is 0 Å². The molecule has 0 atom stereocenters. The van der Waals surface area contributed by atoms with Crippen molar-refractivity contribution in [3.05, 3.63) is 42.1 Å². The third-order valence-electron chi connectivity index (χ3n) is 2.12. The van der Waals surface area contributed by atoms with Gasteiger partial charge in [0.25, 0.3) is 0 Å². The lowest BCUT2D eigenvalue weighted by Gasteiger charge is -2.21. The molecule has 1 heterocycles. The summed E-state index contributed by atoms with van der Waals surface area (Å²) >= 11 is 0. The van der Waals surface area contributed by atoms with E-state index in [4.69, 9.17) is 0 Å². The third kappa shape index (κ3) is 1.61. The lowest BCUT2D eigenvalue weighted by molar-refractivity contribution is 0.964. The first-order chi connectivity index (χ1) is 6.38. The number of allylic oxidation sites excluding steroid dienone is 1. The SMILES string of the molecule is Cc1ccccc1N1C=CC=NC1. The van der Waals surface area contributed by atoms with E-state index in [2.05, 4.69) is 47.3 Å². The Balaban J connectivity index is 2.30. The Labute approximate surface area is 78.2 Å². The van der Waals surface area contributed by atoms with Gasteiger partial charge in [0.15, 0.2) is 0 Å². The lowest BCUT2D eigenvalue weighted by atomic mass is 10.2. The van der Waals surface area contributed by atoms with Gasteiger partial charge in [0, 0.05) is 18.1 Å². The van der Waals surface area contributed by atoms with Crippen LogP contribution < -0.4 is 4.90 Å². The molecule has 0 fully saturated rings. The maximum Gasteiger partial charge on any atom is 0.114 e. The Morgan fingerprint density at radius 2 is 2.15 bits per heavy atom. The minimum absolute atomic E-state index is 0.724. The van der Waals surface area contributed by atoms with Gasteiger partial charge >= 0.3 is 0 Å². The summed E-state index contributed by atoms with van der Waals surface area (Å²) in [5, 5.41) is 0. The summed E-state index contributed by atoms with van der Waals surface area (Å²) in [7, 11) is 0. The average molecular weight is 172 g/mol. The fourth-order valence-electron chi connectivity index (χ4n) is 1.43. The fourth-order valence-corrected chi connectivity index (χ4v) is 1.43. The van der Waals surface area contributed by atoms with Crippen molar-refractivity contribution >= 4 is 11.9 Å². The van der Waals surface area contributed by atoms with E-state index in [1.807, 2.05) is 12.3 Å². The lowest BCUT2D eigenvalue weighted by Crippen LogP contribution is -2.19. The molecule has 0 spiro atoms. The Kier molecular flexibility index (Phi) is 2.13. The molecular formula is C11H12N2. The molecule has 0 radical (unpaired) electrons. The van der Waals surface area contributed by atoms with Crippen LogP contribution in [0.5, 0.6) is 0 Å².